The quantitative estimate of drug-likeness (QED) is 0.720. The second-order valence-electron chi connectivity index (χ2n) is 7.61. The summed E-state index contributed by atoms with van der Waals surface area (Å²) in [6.07, 6.45) is 5.64. The minimum Gasteiger partial charge on any atom is -0.381 e. The van der Waals surface area contributed by atoms with E-state index in [-0.39, 0.29) is 23.8 Å². The first-order valence-corrected chi connectivity index (χ1v) is 9.53. The number of rotatable bonds is 4. The van der Waals surface area contributed by atoms with Gasteiger partial charge in [-0.15, -0.1) is 0 Å². The van der Waals surface area contributed by atoms with E-state index in [0.717, 1.165) is 34.0 Å². The van der Waals surface area contributed by atoms with Crippen LogP contribution in [0, 0.1) is 19.8 Å². The molecule has 6 heteroatoms. The molecule has 0 radical (unpaired) electrons. The van der Waals surface area contributed by atoms with Crippen LogP contribution in [0.2, 0.25) is 0 Å². The molecule has 0 saturated heterocycles. The molecular weight excluding hydrogens is 350 g/mol. The molecule has 0 amide bonds. The maximum Gasteiger partial charge on any atom is 0.137 e. The largest absolute Gasteiger partial charge is 0.381 e. The molecule has 3 atom stereocenters. The van der Waals surface area contributed by atoms with Crippen LogP contribution in [0.15, 0.2) is 49.1 Å². The van der Waals surface area contributed by atoms with Gasteiger partial charge in [-0.3, -0.25) is 4.79 Å². The Bertz CT molecular complexity index is 1010. The van der Waals surface area contributed by atoms with Gasteiger partial charge in [0.15, 0.2) is 0 Å². The number of hydrogen-bond acceptors (Lipinski definition) is 5. The zero-order chi connectivity index (χ0) is 19.8. The van der Waals surface area contributed by atoms with E-state index in [2.05, 4.69) is 45.7 Å². The molecule has 4 rings (SSSR count). The van der Waals surface area contributed by atoms with E-state index in [1.165, 1.54) is 0 Å². The summed E-state index contributed by atoms with van der Waals surface area (Å²) < 4.78 is 2.00. The number of benzene rings is 1. The first kappa shape index (κ1) is 18.2. The van der Waals surface area contributed by atoms with Crippen LogP contribution in [0.4, 0.5) is 11.5 Å². The lowest BCUT2D eigenvalue weighted by Crippen LogP contribution is -2.42. The minimum absolute atomic E-state index is 0.0225. The summed E-state index contributed by atoms with van der Waals surface area (Å²) in [5, 5.41) is 7.01. The number of fused-ring (bicyclic) bond motifs is 1. The molecule has 2 aromatic heterocycles. The summed E-state index contributed by atoms with van der Waals surface area (Å²) in [5.74, 6) is 0.722. The van der Waals surface area contributed by atoms with Crippen LogP contribution in [0.5, 0.6) is 0 Å². The summed E-state index contributed by atoms with van der Waals surface area (Å²) in [7, 11) is 0. The predicted molar refractivity (Wildman–Crippen MR) is 111 cm³/mol. The monoisotopic (exact) mass is 375 g/mol. The summed E-state index contributed by atoms with van der Waals surface area (Å²) in [4.78, 5) is 21.3. The van der Waals surface area contributed by atoms with E-state index in [1.54, 1.807) is 6.92 Å². The summed E-state index contributed by atoms with van der Waals surface area (Å²) in [6, 6.07) is 10.1. The lowest BCUT2D eigenvalue weighted by atomic mass is 9.80. The van der Waals surface area contributed by atoms with E-state index >= 15 is 0 Å². The van der Waals surface area contributed by atoms with Crippen LogP contribution >= 0.6 is 0 Å². The van der Waals surface area contributed by atoms with Crippen molar-refractivity contribution < 1.29 is 4.79 Å². The van der Waals surface area contributed by atoms with Gasteiger partial charge in [0.1, 0.15) is 11.6 Å². The standard InChI is InChI=1S/C22H25N5O/c1-13-5-8-20(23-10-13)26-22-18-9-17(27-11-14(2)24-12-27)6-7-19(18)25-15(3)21(22)16(4)28/h5-12,15,21-22,25H,1-4H3,(H,23,26). The van der Waals surface area contributed by atoms with Gasteiger partial charge in [0.2, 0.25) is 0 Å². The van der Waals surface area contributed by atoms with Gasteiger partial charge in [-0.1, -0.05) is 6.07 Å². The highest BCUT2D eigenvalue weighted by Gasteiger charge is 2.37. The van der Waals surface area contributed by atoms with E-state index < -0.39 is 0 Å². The molecule has 0 saturated carbocycles. The third kappa shape index (κ3) is 3.38. The number of imidazole rings is 1. The Kier molecular flexibility index (Phi) is 4.63. The van der Waals surface area contributed by atoms with Crippen molar-refractivity contribution in [2.45, 2.75) is 39.8 Å². The van der Waals surface area contributed by atoms with Gasteiger partial charge in [0.05, 0.1) is 24.0 Å². The van der Waals surface area contributed by atoms with Crippen molar-refractivity contribution in [1.82, 2.24) is 14.5 Å². The highest BCUT2D eigenvalue weighted by molar-refractivity contribution is 5.83. The molecule has 3 heterocycles. The van der Waals surface area contributed by atoms with Gasteiger partial charge in [0, 0.05) is 35.4 Å². The SMILES string of the molecule is CC(=O)C1C(C)Nc2ccc(-n3cnc(C)c3)cc2C1Nc1ccc(C)cn1. The van der Waals surface area contributed by atoms with Crippen molar-refractivity contribution >= 4 is 17.3 Å². The van der Waals surface area contributed by atoms with Crippen molar-refractivity contribution in [3.05, 3.63) is 65.9 Å². The Balaban J connectivity index is 1.78. The number of carbonyl (C=O) groups excluding carboxylic acids is 1. The van der Waals surface area contributed by atoms with Gasteiger partial charge in [-0.2, -0.15) is 0 Å². The highest BCUT2D eigenvalue weighted by atomic mass is 16.1. The molecule has 144 valence electrons. The van der Waals surface area contributed by atoms with E-state index in [1.807, 2.05) is 49.3 Å². The van der Waals surface area contributed by atoms with Crippen LogP contribution < -0.4 is 10.6 Å². The maximum atomic E-state index is 12.5. The predicted octanol–water partition coefficient (Wildman–Crippen LogP) is 4.06. The summed E-state index contributed by atoms with van der Waals surface area (Å²) in [5.41, 5.74) is 5.18. The lowest BCUT2D eigenvalue weighted by molar-refractivity contribution is -0.121. The highest BCUT2D eigenvalue weighted by Crippen LogP contribution is 2.40. The number of anilines is 2. The summed E-state index contributed by atoms with van der Waals surface area (Å²) in [6.45, 7) is 7.70. The van der Waals surface area contributed by atoms with E-state index in [4.69, 9.17) is 0 Å². The van der Waals surface area contributed by atoms with Gasteiger partial charge in [0.25, 0.3) is 0 Å². The molecule has 6 nitrogen and oxygen atoms in total. The molecule has 1 aromatic carbocycles. The van der Waals surface area contributed by atoms with Crippen molar-refractivity contribution in [3.63, 3.8) is 0 Å². The first-order chi connectivity index (χ1) is 13.4. The number of carbonyl (C=O) groups is 1. The van der Waals surface area contributed by atoms with Gasteiger partial charge in [-0.05, 0) is 57.5 Å². The lowest BCUT2D eigenvalue weighted by Gasteiger charge is -2.38. The molecule has 3 unspecified atom stereocenters. The molecule has 0 bridgehead atoms. The van der Waals surface area contributed by atoms with Crippen molar-refractivity contribution in [3.8, 4) is 5.69 Å². The number of nitrogens with zero attached hydrogens (tertiary/aromatic N) is 3. The van der Waals surface area contributed by atoms with Crippen LogP contribution in [0.3, 0.4) is 0 Å². The zero-order valence-electron chi connectivity index (χ0n) is 16.6. The fraction of sp³-hybridized carbons (Fsp3) is 0.318. The average molecular weight is 375 g/mol. The van der Waals surface area contributed by atoms with Crippen LogP contribution in [0.25, 0.3) is 5.69 Å². The van der Waals surface area contributed by atoms with Crippen LogP contribution in [-0.2, 0) is 4.79 Å². The number of pyridine rings is 1. The van der Waals surface area contributed by atoms with Gasteiger partial charge >= 0.3 is 0 Å². The Labute approximate surface area is 165 Å². The van der Waals surface area contributed by atoms with Crippen molar-refractivity contribution in [1.29, 1.82) is 0 Å². The fourth-order valence-corrected chi connectivity index (χ4v) is 3.95. The molecule has 2 N–H and O–H groups in total. The number of hydrogen-bond donors (Lipinski definition) is 2. The third-order valence-corrected chi connectivity index (χ3v) is 5.35. The molecule has 0 aliphatic carbocycles. The molecule has 28 heavy (non-hydrogen) atoms. The van der Waals surface area contributed by atoms with Crippen LogP contribution in [-0.4, -0.2) is 26.4 Å². The smallest absolute Gasteiger partial charge is 0.137 e. The molecule has 0 fully saturated rings. The number of nitrogens with one attached hydrogen (secondary N) is 2. The Morgan fingerprint density at radius 2 is 2.00 bits per heavy atom. The first-order valence-electron chi connectivity index (χ1n) is 9.53. The van der Waals surface area contributed by atoms with Crippen molar-refractivity contribution in [2.24, 2.45) is 5.92 Å². The normalized spacial score (nSPS) is 20.9. The second kappa shape index (κ2) is 7.11. The van der Waals surface area contributed by atoms with E-state index in [9.17, 15) is 4.79 Å². The molecule has 1 aliphatic heterocycles. The number of ketones is 1. The molecule has 0 spiro atoms. The van der Waals surface area contributed by atoms with E-state index in [0.29, 0.717) is 0 Å². The molecule has 3 aromatic rings. The zero-order valence-corrected chi connectivity index (χ0v) is 16.6. The Hall–Kier alpha value is -3.15. The molecule has 1 aliphatic rings. The second-order valence-corrected chi connectivity index (χ2v) is 7.61. The number of aromatic nitrogens is 3. The van der Waals surface area contributed by atoms with Gasteiger partial charge < -0.3 is 15.2 Å². The van der Waals surface area contributed by atoms with Crippen LogP contribution in [0.1, 0.15) is 36.7 Å². The van der Waals surface area contributed by atoms with Crippen molar-refractivity contribution in [2.75, 3.05) is 10.6 Å². The maximum absolute atomic E-state index is 12.5. The Morgan fingerprint density at radius 1 is 1.18 bits per heavy atom. The number of Topliss-reactive ketones (excluding diaryl/α,β-unsaturated/α-hetero) is 1. The minimum atomic E-state index is -0.199. The topological polar surface area (TPSA) is 71.8 Å². The fourth-order valence-electron chi connectivity index (χ4n) is 3.95. The summed E-state index contributed by atoms with van der Waals surface area (Å²) >= 11 is 0. The van der Waals surface area contributed by atoms with Gasteiger partial charge in [-0.25, -0.2) is 9.97 Å². The Morgan fingerprint density at radius 3 is 2.64 bits per heavy atom. The molecular formula is C22H25N5O. The number of aryl methyl sites for hydroxylation is 2. The third-order valence-electron chi connectivity index (χ3n) is 5.35. The average Bonchev–Trinajstić information content (AvgIpc) is 3.09.